The third-order valence-corrected chi connectivity index (χ3v) is 3.13. The summed E-state index contributed by atoms with van der Waals surface area (Å²) in [7, 11) is 0. The molecule has 1 N–H and O–H groups in total. The number of rotatable bonds is 1. The fraction of sp³-hybridized carbons (Fsp3) is 0.417. The van der Waals surface area contributed by atoms with E-state index in [1.54, 1.807) is 23.1 Å². The highest BCUT2D eigenvalue weighted by Crippen LogP contribution is 2.21. The van der Waals surface area contributed by atoms with E-state index in [9.17, 15) is 4.79 Å². The highest BCUT2D eigenvalue weighted by atomic mass is 35.5. The molecule has 1 heterocycles. The lowest BCUT2D eigenvalue weighted by Gasteiger charge is -2.26. The Hall–Kier alpha value is -1.26. The van der Waals surface area contributed by atoms with Crippen LogP contribution in [0.4, 0.5) is 4.79 Å². The van der Waals surface area contributed by atoms with Crippen molar-refractivity contribution in [1.29, 1.82) is 0 Å². The second-order valence-corrected chi connectivity index (χ2v) is 4.42. The lowest BCUT2D eigenvalue weighted by molar-refractivity contribution is 0.146. The van der Waals surface area contributed by atoms with Crippen molar-refractivity contribution in [2.45, 2.75) is 6.92 Å². The zero-order valence-electron chi connectivity index (χ0n) is 9.70. The predicted octanol–water partition coefficient (Wildman–Crippen LogP) is 2.05. The number of piperazine rings is 1. The molecule has 1 aromatic carbocycles. The minimum Gasteiger partial charge on any atom is -0.410 e. The Morgan fingerprint density at radius 2 is 2.12 bits per heavy atom. The van der Waals surface area contributed by atoms with Gasteiger partial charge in [0.15, 0.2) is 0 Å². The van der Waals surface area contributed by atoms with Crippen molar-refractivity contribution in [2.75, 3.05) is 26.2 Å². The topological polar surface area (TPSA) is 41.6 Å². The monoisotopic (exact) mass is 254 g/mol. The zero-order chi connectivity index (χ0) is 12.3. The Balaban J connectivity index is 1.99. The van der Waals surface area contributed by atoms with E-state index in [0.717, 1.165) is 18.7 Å². The van der Waals surface area contributed by atoms with E-state index >= 15 is 0 Å². The molecule has 1 aromatic rings. The van der Waals surface area contributed by atoms with Gasteiger partial charge in [0.2, 0.25) is 0 Å². The summed E-state index contributed by atoms with van der Waals surface area (Å²) in [5.41, 5.74) is 0.900. The summed E-state index contributed by atoms with van der Waals surface area (Å²) in [5.74, 6) is 0.537. The molecular weight excluding hydrogens is 240 g/mol. The SMILES string of the molecule is Cc1cc(OC(=O)N2CCNCC2)ccc1Cl. The standard InChI is InChI=1S/C12H15ClN2O2/c1-9-8-10(2-3-11(9)13)17-12(16)15-6-4-14-5-7-15/h2-3,8,14H,4-7H2,1H3. The first kappa shape index (κ1) is 12.2. The molecule has 1 fully saturated rings. The minimum atomic E-state index is -0.298. The number of aryl methyl sites for hydroxylation is 1. The lowest BCUT2D eigenvalue weighted by atomic mass is 10.2. The third-order valence-electron chi connectivity index (χ3n) is 2.71. The van der Waals surface area contributed by atoms with E-state index in [1.165, 1.54) is 0 Å². The Kier molecular flexibility index (Phi) is 3.86. The maximum atomic E-state index is 11.8. The van der Waals surface area contributed by atoms with Crippen LogP contribution in [-0.2, 0) is 0 Å². The van der Waals surface area contributed by atoms with Crippen LogP contribution in [0.3, 0.4) is 0 Å². The Bertz CT molecular complexity index is 417. The van der Waals surface area contributed by atoms with E-state index in [0.29, 0.717) is 23.9 Å². The van der Waals surface area contributed by atoms with Gasteiger partial charge in [0.25, 0.3) is 0 Å². The van der Waals surface area contributed by atoms with Gasteiger partial charge in [0.1, 0.15) is 5.75 Å². The lowest BCUT2D eigenvalue weighted by Crippen LogP contribution is -2.47. The number of hydrogen-bond acceptors (Lipinski definition) is 3. The zero-order valence-corrected chi connectivity index (χ0v) is 10.5. The van der Waals surface area contributed by atoms with Gasteiger partial charge >= 0.3 is 6.09 Å². The third kappa shape index (κ3) is 3.11. The number of halogens is 1. The van der Waals surface area contributed by atoms with Gasteiger partial charge in [-0.1, -0.05) is 11.6 Å². The average Bonchev–Trinajstić information content (AvgIpc) is 2.35. The average molecular weight is 255 g/mol. The van der Waals surface area contributed by atoms with Crippen LogP contribution < -0.4 is 10.1 Å². The number of ether oxygens (including phenoxy) is 1. The first-order valence-electron chi connectivity index (χ1n) is 5.60. The molecule has 1 aliphatic heterocycles. The molecule has 1 aliphatic rings. The molecule has 0 unspecified atom stereocenters. The number of carbonyl (C=O) groups excluding carboxylic acids is 1. The molecule has 0 radical (unpaired) electrons. The van der Waals surface area contributed by atoms with Crippen LogP contribution in [-0.4, -0.2) is 37.2 Å². The van der Waals surface area contributed by atoms with E-state index in [-0.39, 0.29) is 6.09 Å². The Morgan fingerprint density at radius 3 is 2.76 bits per heavy atom. The van der Waals surface area contributed by atoms with Gasteiger partial charge in [-0.15, -0.1) is 0 Å². The largest absolute Gasteiger partial charge is 0.415 e. The predicted molar refractivity (Wildman–Crippen MR) is 66.7 cm³/mol. The fourth-order valence-electron chi connectivity index (χ4n) is 1.69. The molecule has 92 valence electrons. The van der Waals surface area contributed by atoms with Crippen LogP contribution in [0.25, 0.3) is 0 Å². The number of nitrogens with one attached hydrogen (secondary N) is 1. The molecule has 1 amide bonds. The molecule has 0 aliphatic carbocycles. The van der Waals surface area contributed by atoms with Crippen molar-refractivity contribution in [1.82, 2.24) is 10.2 Å². The summed E-state index contributed by atoms with van der Waals surface area (Å²) < 4.78 is 5.29. The molecule has 5 heteroatoms. The first-order chi connectivity index (χ1) is 8.16. The van der Waals surface area contributed by atoms with Crippen molar-refractivity contribution in [3.63, 3.8) is 0 Å². The summed E-state index contributed by atoms with van der Waals surface area (Å²) in [4.78, 5) is 13.5. The van der Waals surface area contributed by atoms with Crippen molar-refractivity contribution in [3.8, 4) is 5.75 Å². The van der Waals surface area contributed by atoms with Crippen LogP contribution in [0.2, 0.25) is 5.02 Å². The summed E-state index contributed by atoms with van der Waals surface area (Å²) in [6, 6.07) is 5.20. The van der Waals surface area contributed by atoms with Gasteiger partial charge in [-0.3, -0.25) is 0 Å². The molecule has 0 bridgehead atoms. The molecule has 0 aromatic heterocycles. The van der Waals surface area contributed by atoms with Crippen LogP contribution >= 0.6 is 11.6 Å². The Labute approximate surface area is 106 Å². The summed E-state index contributed by atoms with van der Waals surface area (Å²) in [6.45, 7) is 4.88. The van der Waals surface area contributed by atoms with E-state index in [2.05, 4.69) is 5.32 Å². The van der Waals surface area contributed by atoms with E-state index in [1.807, 2.05) is 6.92 Å². The summed E-state index contributed by atoms with van der Waals surface area (Å²) in [6.07, 6.45) is -0.298. The van der Waals surface area contributed by atoms with Crippen molar-refractivity contribution in [3.05, 3.63) is 28.8 Å². The maximum Gasteiger partial charge on any atom is 0.415 e. The highest BCUT2D eigenvalue weighted by Gasteiger charge is 2.18. The minimum absolute atomic E-state index is 0.298. The summed E-state index contributed by atoms with van der Waals surface area (Å²) in [5, 5.41) is 3.86. The normalized spacial score (nSPS) is 15.8. The van der Waals surface area contributed by atoms with Gasteiger partial charge in [-0.05, 0) is 30.7 Å². The Morgan fingerprint density at radius 1 is 1.41 bits per heavy atom. The van der Waals surface area contributed by atoms with Crippen LogP contribution in [0, 0.1) is 6.92 Å². The molecule has 0 atom stereocenters. The maximum absolute atomic E-state index is 11.8. The van der Waals surface area contributed by atoms with Crippen molar-refractivity contribution in [2.24, 2.45) is 0 Å². The molecular formula is C12H15ClN2O2. The van der Waals surface area contributed by atoms with Gasteiger partial charge < -0.3 is 15.0 Å². The molecule has 1 saturated heterocycles. The fourth-order valence-corrected chi connectivity index (χ4v) is 1.81. The highest BCUT2D eigenvalue weighted by molar-refractivity contribution is 6.31. The van der Waals surface area contributed by atoms with Gasteiger partial charge in [0, 0.05) is 31.2 Å². The smallest absolute Gasteiger partial charge is 0.410 e. The number of amides is 1. The molecule has 4 nitrogen and oxygen atoms in total. The number of nitrogens with zero attached hydrogens (tertiary/aromatic N) is 1. The second-order valence-electron chi connectivity index (χ2n) is 4.02. The van der Waals surface area contributed by atoms with Crippen LogP contribution in [0.5, 0.6) is 5.75 Å². The molecule has 0 spiro atoms. The van der Waals surface area contributed by atoms with Crippen LogP contribution in [0.1, 0.15) is 5.56 Å². The molecule has 2 rings (SSSR count). The first-order valence-corrected chi connectivity index (χ1v) is 5.98. The molecule has 17 heavy (non-hydrogen) atoms. The number of benzene rings is 1. The van der Waals surface area contributed by atoms with Crippen molar-refractivity contribution >= 4 is 17.7 Å². The number of carbonyl (C=O) groups is 1. The quantitative estimate of drug-likeness (QED) is 0.834. The van der Waals surface area contributed by atoms with Gasteiger partial charge in [-0.2, -0.15) is 0 Å². The van der Waals surface area contributed by atoms with Crippen LogP contribution in [0.15, 0.2) is 18.2 Å². The number of hydrogen-bond donors (Lipinski definition) is 1. The van der Waals surface area contributed by atoms with E-state index in [4.69, 9.17) is 16.3 Å². The van der Waals surface area contributed by atoms with Gasteiger partial charge in [0.05, 0.1) is 0 Å². The second kappa shape index (κ2) is 5.38. The molecule has 0 saturated carbocycles. The van der Waals surface area contributed by atoms with E-state index < -0.39 is 0 Å². The summed E-state index contributed by atoms with van der Waals surface area (Å²) >= 11 is 5.91. The van der Waals surface area contributed by atoms with Gasteiger partial charge in [-0.25, -0.2) is 4.79 Å². The van der Waals surface area contributed by atoms with Crippen molar-refractivity contribution < 1.29 is 9.53 Å².